The van der Waals surface area contributed by atoms with Gasteiger partial charge in [0.15, 0.2) is 17.4 Å². The Hall–Kier alpha value is -3.09. The van der Waals surface area contributed by atoms with Crippen molar-refractivity contribution in [1.82, 2.24) is 25.2 Å². The van der Waals surface area contributed by atoms with Crippen LogP contribution in [0.2, 0.25) is 0 Å². The molecule has 7 heteroatoms. The molecule has 0 aliphatic carbocycles. The van der Waals surface area contributed by atoms with Crippen LogP contribution in [0.3, 0.4) is 0 Å². The number of para-hydroxylation sites is 1. The van der Waals surface area contributed by atoms with Crippen LogP contribution >= 0.6 is 0 Å². The second kappa shape index (κ2) is 8.84. The van der Waals surface area contributed by atoms with Crippen LogP contribution in [0.5, 0.6) is 5.75 Å². The van der Waals surface area contributed by atoms with Gasteiger partial charge in [-0.05, 0) is 38.1 Å². The third kappa shape index (κ3) is 4.72. The van der Waals surface area contributed by atoms with Gasteiger partial charge in [-0.3, -0.25) is 4.40 Å². The molecule has 2 N–H and O–H groups in total. The molecular weight excluding hydrogens is 328 g/mol. The number of pyridine rings is 1. The molecule has 3 rings (SSSR count). The maximum atomic E-state index is 5.88. The van der Waals surface area contributed by atoms with Gasteiger partial charge in [0.2, 0.25) is 0 Å². The number of rotatable bonds is 7. The van der Waals surface area contributed by atoms with Crippen molar-refractivity contribution in [2.45, 2.75) is 26.5 Å². The zero-order chi connectivity index (χ0) is 18.2. The summed E-state index contributed by atoms with van der Waals surface area (Å²) >= 11 is 0. The van der Waals surface area contributed by atoms with Crippen LogP contribution in [0.15, 0.2) is 59.7 Å². The fourth-order valence-electron chi connectivity index (χ4n) is 2.50. The molecule has 0 fully saturated rings. The molecule has 7 nitrogen and oxygen atoms in total. The second-order valence-corrected chi connectivity index (χ2v) is 5.86. The van der Waals surface area contributed by atoms with Crippen molar-refractivity contribution in [3.8, 4) is 5.75 Å². The van der Waals surface area contributed by atoms with Gasteiger partial charge < -0.3 is 15.4 Å². The number of hydrogen-bond donors (Lipinski definition) is 2. The fraction of sp³-hybridized carbons (Fsp3) is 0.316. The molecule has 3 aromatic rings. The van der Waals surface area contributed by atoms with Gasteiger partial charge in [-0.1, -0.05) is 24.3 Å². The summed E-state index contributed by atoms with van der Waals surface area (Å²) in [4.78, 5) is 4.60. The first-order chi connectivity index (χ1) is 12.8. The lowest BCUT2D eigenvalue weighted by Crippen LogP contribution is -2.41. The molecule has 0 aliphatic rings. The summed E-state index contributed by atoms with van der Waals surface area (Å²) in [6.45, 7) is 5.92. The van der Waals surface area contributed by atoms with E-state index in [1.54, 1.807) is 0 Å². The van der Waals surface area contributed by atoms with E-state index in [1.807, 2.05) is 73.0 Å². The van der Waals surface area contributed by atoms with Crippen LogP contribution in [-0.2, 0) is 6.54 Å². The molecule has 2 heterocycles. The van der Waals surface area contributed by atoms with E-state index in [1.165, 1.54) is 0 Å². The van der Waals surface area contributed by atoms with E-state index in [0.717, 1.165) is 29.7 Å². The number of fused-ring (bicyclic) bond motifs is 1. The fourth-order valence-corrected chi connectivity index (χ4v) is 2.50. The number of hydrogen-bond acceptors (Lipinski definition) is 4. The van der Waals surface area contributed by atoms with Crippen LogP contribution in [0.1, 0.15) is 19.7 Å². The smallest absolute Gasteiger partial charge is 0.191 e. The van der Waals surface area contributed by atoms with E-state index in [-0.39, 0.29) is 6.10 Å². The summed E-state index contributed by atoms with van der Waals surface area (Å²) in [7, 11) is 0. The van der Waals surface area contributed by atoms with Gasteiger partial charge in [0.1, 0.15) is 18.4 Å². The summed E-state index contributed by atoms with van der Waals surface area (Å²) in [6, 6.07) is 15.6. The number of aromatic nitrogens is 3. The first-order valence-corrected chi connectivity index (χ1v) is 8.79. The Balaban J connectivity index is 1.58. The molecule has 1 aromatic carbocycles. The summed E-state index contributed by atoms with van der Waals surface area (Å²) < 4.78 is 7.82. The molecule has 1 atom stereocenters. The van der Waals surface area contributed by atoms with Crippen LogP contribution < -0.4 is 15.4 Å². The lowest BCUT2D eigenvalue weighted by Gasteiger charge is -2.17. The third-order valence-electron chi connectivity index (χ3n) is 3.74. The standard InChI is InChI=1S/C19H24N6O/c1-3-20-19(21-13-15(2)26-16-9-5-4-6-10-16)22-14-18-24-23-17-11-7-8-12-25(17)18/h4-12,15H,3,13-14H2,1-2H3,(H2,20,21,22). The zero-order valence-corrected chi connectivity index (χ0v) is 15.1. The summed E-state index contributed by atoms with van der Waals surface area (Å²) in [5.74, 6) is 2.38. The maximum absolute atomic E-state index is 5.88. The summed E-state index contributed by atoms with van der Waals surface area (Å²) in [5.41, 5.74) is 0.820. The van der Waals surface area contributed by atoms with E-state index in [0.29, 0.717) is 13.1 Å². The zero-order valence-electron chi connectivity index (χ0n) is 15.1. The highest BCUT2D eigenvalue weighted by Gasteiger charge is 2.07. The van der Waals surface area contributed by atoms with Gasteiger partial charge in [-0.25, -0.2) is 4.99 Å². The van der Waals surface area contributed by atoms with E-state index < -0.39 is 0 Å². The Morgan fingerprint density at radius 3 is 2.73 bits per heavy atom. The van der Waals surface area contributed by atoms with Crippen LogP contribution in [0.25, 0.3) is 5.65 Å². The average molecular weight is 352 g/mol. The van der Waals surface area contributed by atoms with Gasteiger partial charge in [0, 0.05) is 12.7 Å². The van der Waals surface area contributed by atoms with Crippen molar-refractivity contribution < 1.29 is 4.74 Å². The molecule has 0 amide bonds. The van der Waals surface area contributed by atoms with Gasteiger partial charge in [0.05, 0.1) is 6.54 Å². The van der Waals surface area contributed by atoms with Gasteiger partial charge in [-0.2, -0.15) is 0 Å². The van der Waals surface area contributed by atoms with Crippen molar-refractivity contribution in [2.75, 3.05) is 13.1 Å². The Kier molecular flexibility index (Phi) is 6.03. The molecular formula is C19H24N6O. The summed E-state index contributed by atoms with van der Waals surface area (Å²) in [5, 5.41) is 14.9. The largest absolute Gasteiger partial charge is 0.489 e. The maximum Gasteiger partial charge on any atom is 0.191 e. The molecule has 2 aromatic heterocycles. The Bertz CT molecular complexity index is 845. The predicted molar refractivity (Wildman–Crippen MR) is 102 cm³/mol. The highest BCUT2D eigenvalue weighted by molar-refractivity contribution is 5.79. The monoisotopic (exact) mass is 352 g/mol. The first kappa shape index (κ1) is 17.7. The number of aliphatic imine (C=N–C) groups is 1. The highest BCUT2D eigenvalue weighted by atomic mass is 16.5. The minimum Gasteiger partial charge on any atom is -0.489 e. The Morgan fingerprint density at radius 1 is 1.12 bits per heavy atom. The summed E-state index contributed by atoms with van der Waals surface area (Å²) in [6.07, 6.45) is 1.95. The minimum absolute atomic E-state index is 0.00942. The SMILES string of the molecule is CCNC(=NCc1nnc2ccccn12)NCC(C)Oc1ccccc1. The van der Waals surface area contributed by atoms with Gasteiger partial charge in [0.25, 0.3) is 0 Å². The van der Waals surface area contributed by atoms with Crippen molar-refractivity contribution in [3.63, 3.8) is 0 Å². The molecule has 0 bridgehead atoms. The van der Waals surface area contributed by atoms with Crippen molar-refractivity contribution in [3.05, 3.63) is 60.6 Å². The van der Waals surface area contributed by atoms with E-state index in [9.17, 15) is 0 Å². The highest BCUT2D eigenvalue weighted by Crippen LogP contribution is 2.10. The Morgan fingerprint density at radius 2 is 1.92 bits per heavy atom. The van der Waals surface area contributed by atoms with Crippen molar-refractivity contribution >= 4 is 11.6 Å². The van der Waals surface area contributed by atoms with Crippen LogP contribution in [0.4, 0.5) is 0 Å². The first-order valence-electron chi connectivity index (χ1n) is 8.79. The molecule has 0 spiro atoms. The number of guanidine groups is 1. The third-order valence-corrected chi connectivity index (χ3v) is 3.74. The topological polar surface area (TPSA) is 75.8 Å². The van der Waals surface area contributed by atoms with E-state index in [2.05, 4.69) is 25.8 Å². The second-order valence-electron chi connectivity index (χ2n) is 5.86. The van der Waals surface area contributed by atoms with Crippen molar-refractivity contribution in [2.24, 2.45) is 4.99 Å². The lowest BCUT2D eigenvalue weighted by atomic mass is 10.3. The molecule has 0 aliphatic heterocycles. The normalized spacial score (nSPS) is 12.8. The van der Waals surface area contributed by atoms with E-state index in [4.69, 9.17) is 4.74 Å². The van der Waals surface area contributed by atoms with Crippen LogP contribution in [0, 0.1) is 0 Å². The minimum atomic E-state index is 0.00942. The Labute approximate surface area is 153 Å². The lowest BCUT2D eigenvalue weighted by molar-refractivity contribution is 0.224. The van der Waals surface area contributed by atoms with E-state index >= 15 is 0 Å². The number of nitrogens with one attached hydrogen (secondary N) is 2. The van der Waals surface area contributed by atoms with Gasteiger partial charge in [-0.15, -0.1) is 10.2 Å². The molecule has 26 heavy (non-hydrogen) atoms. The van der Waals surface area contributed by atoms with Gasteiger partial charge >= 0.3 is 0 Å². The molecule has 0 radical (unpaired) electrons. The predicted octanol–water partition coefficient (Wildman–Crippen LogP) is 2.25. The molecule has 0 saturated carbocycles. The molecule has 1 unspecified atom stereocenters. The molecule has 136 valence electrons. The van der Waals surface area contributed by atoms with Crippen molar-refractivity contribution in [1.29, 1.82) is 0 Å². The number of benzene rings is 1. The van der Waals surface area contributed by atoms with Crippen LogP contribution in [-0.4, -0.2) is 39.8 Å². The average Bonchev–Trinajstić information content (AvgIpc) is 3.08. The number of nitrogens with zero attached hydrogens (tertiary/aromatic N) is 4. The molecule has 0 saturated heterocycles. The quantitative estimate of drug-likeness (QED) is 0.504. The number of ether oxygens (including phenoxy) is 1.